The Hall–Kier alpha value is -1.59. The number of likely N-dealkylation sites (N-methyl/N-ethyl adjacent to an activating group) is 1. The first-order valence-corrected chi connectivity index (χ1v) is 6.95. The molecule has 0 aliphatic carbocycles. The Bertz CT molecular complexity index is 490. The van der Waals surface area contributed by atoms with Gasteiger partial charge < -0.3 is 15.1 Å². The van der Waals surface area contributed by atoms with E-state index in [1.807, 2.05) is 0 Å². The molecule has 1 aliphatic rings. The molecule has 1 unspecified atom stereocenters. The second-order valence-electron chi connectivity index (χ2n) is 5.56. The van der Waals surface area contributed by atoms with Crippen molar-refractivity contribution in [1.29, 1.82) is 0 Å². The molecule has 1 aromatic rings. The zero-order chi connectivity index (χ0) is 14.7. The Morgan fingerprint density at radius 2 is 2.10 bits per heavy atom. The number of phenols is 2. The van der Waals surface area contributed by atoms with Crippen LogP contribution < -0.4 is 0 Å². The lowest BCUT2D eigenvalue weighted by Crippen LogP contribution is -2.40. The molecule has 2 rings (SSSR count). The van der Waals surface area contributed by atoms with Crippen LogP contribution in [-0.2, 0) is 0 Å². The van der Waals surface area contributed by atoms with Crippen molar-refractivity contribution in [2.75, 3.05) is 33.2 Å². The summed E-state index contributed by atoms with van der Waals surface area (Å²) in [7, 11) is 2.09. The topological polar surface area (TPSA) is 64.0 Å². The van der Waals surface area contributed by atoms with E-state index in [1.165, 1.54) is 18.2 Å². The van der Waals surface area contributed by atoms with Gasteiger partial charge in [-0.3, -0.25) is 9.69 Å². The first-order valence-electron chi connectivity index (χ1n) is 6.95. The molecule has 0 aromatic heterocycles. The van der Waals surface area contributed by atoms with Gasteiger partial charge in [0.2, 0.25) is 0 Å². The van der Waals surface area contributed by atoms with Gasteiger partial charge in [-0.1, -0.05) is 0 Å². The number of nitrogens with zero attached hydrogens (tertiary/aromatic N) is 2. The average molecular weight is 278 g/mol. The van der Waals surface area contributed by atoms with E-state index in [-0.39, 0.29) is 22.8 Å². The minimum atomic E-state index is -0.158. The summed E-state index contributed by atoms with van der Waals surface area (Å²) in [5, 5.41) is 19.0. The summed E-state index contributed by atoms with van der Waals surface area (Å²) in [4.78, 5) is 16.7. The summed E-state index contributed by atoms with van der Waals surface area (Å²) < 4.78 is 0. The lowest BCUT2D eigenvalue weighted by molar-refractivity contribution is 0.0897. The molecular weight excluding hydrogens is 256 g/mol. The first kappa shape index (κ1) is 14.8. The molecule has 1 fully saturated rings. The van der Waals surface area contributed by atoms with Crippen LogP contribution in [0.3, 0.4) is 0 Å². The largest absolute Gasteiger partial charge is 0.508 e. The highest BCUT2D eigenvalue weighted by Crippen LogP contribution is 2.23. The van der Waals surface area contributed by atoms with Crippen molar-refractivity contribution < 1.29 is 15.0 Å². The third-order valence-electron chi connectivity index (χ3n) is 3.81. The highest BCUT2D eigenvalue weighted by Gasteiger charge is 2.23. The van der Waals surface area contributed by atoms with Crippen LogP contribution in [0.2, 0.25) is 0 Å². The van der Waals surface area contributed by atoms with Gasteiger partial charge in [0.25, 0.3) is 0 Å². The molecule has 1 atom stereocenters. The summed E-state index contributed by atoms with van der Waals surface area (Å²) in [6.07, 6.45) is 1.04. The Morgan fingerprint density at radius 3 is 2.80 bits per heavy atom. The van der Waals surface area contributed by atoms with E-state index < -0.39 is 0 Å². The van der Waals surface area contributed by atoms with E-state index in [2.05, 4.69) is 23.8 Å². The lowest BCUT2D eigenvalue weighted by Gasteiger charge is -2.27. The van der Waals surface area contributed by atoms with Crippen molar-refractivity contribution in [3.63, 3.8) is 0 Å². The molecule has 1 aromatic carbocycles. The summed E-state index contributed by atoms with van der Waals surface area (Å²) in [6, 6.07) is 4.41. The normalized spacial score (nSPS) is 21.6. The van der Waals surface area contributed by atoms with E-state index in [1.54, 1.807) is 0 Å². The minimum absolute atomic E-state index is 0.0381. The third-order valence-corrected chi connectivity index (χ3v) is 3.81. The number of aromatic hydroxyl groups is 2. The first-order chi connectivity index (χ1) is 9.47. The molecule has 0 radical (unpaired) electrons. The predicted octanol–water partition coefficient (Wildman–Crippen LogP) is 1.31. The number of rotatable bonds is 3. The van der Waals surface area contributed by atoms with Crippen molar-refractivity contribution >= 4 is 5.78 Å². The van der Waals surface area contributed by atoms with Crippen molar-refractivity contribution in [2.24, 2.45) is 0 Å². The second-order valence-corrected chi connectivity index (χ2v) is 5.56. The highest BCUT2D eigenvalue weighted by molar-refractivity contribution is 6.00. The second kappa shape index (κ2) is 6.24. The van der Waals surface area contributed by atoms with Gasteiger partial charge in [0, 0.05) is 25.2 Å². The number of carbonyl (C=O) groups excluding carboxylic acids is 1. The molecule has 0 bridgehead atoms. The zero-order valence-corrected chi connectivity index (χ0v) is 12.0. The van der Waals surface area contributed by atoms with Gasteiger partial charge in [-0.05, 0) is 39.1 Å². The van der Waals surface area contributed by atoms with Crippen LogP contribution in [-0.4, -0.2) is 65.1 Å². The number of Topliss-reactive ketones (excluding diaryl/α,β-unsaturated/α-hetero) is 1. The predicted molar refractivity (Wildman–Crippen MR) is 77.3 cm³/mol. The Balaban J connectivity index is 2.06. The van der Waals surface area contributed by atoms with Crippen LogP contribution in [0.5, 0.6) is 11.5 Å². The van der Waals surface area contributed by atoms with Gasteiger partial charge in [-0.25, -0.2) is 0 Å². The third kappa shape index (κ3) is 3.49. The molecular formula is C15H22N2O3. The number of hydrogen-bond donors (Lipinski definition) is 2. The molecule has 5 nitrogen and oxygen atoms in total. The molecule has 1 heterocycles. The molecule has 0 saturated carbocycles. The number of benzene rings is 1. The Kier molecular flexibility index (Phi) is 4.62. The van der Waals surface area contributed by atoms with Crippen molar-refractivity contribution in [1.82, 2.24) is 9.80 Å². The van der Waals surface area contributed by atoms with Gasteiger partial charge in [0.15, 0.2) is 5.78 Å². The fourth-order valence-corrected chi connectivity index (χ4v) is 2.68. The summed E-state index contributed by atoms with van der Waals surface area (Å²) in [5.74, 6) is -0.308. The van der Waals surface area contributed by atoms with Crippen molar-refractivity contribution in [2.45, 2.75) is 19.4 Å². The molecule has 1 aliphatic heterocycles. The molecule has 110 valence electrons. The number of ketones is 1. The fourth-order valence-electron chi connectivity index (χ4n) is 2.68. The van der Waals surface area contributed by atoms with Crippen LogP contribution in [0.25, 0.3) is 0 Å². The van der Waals surface area contributed by atoms with Gasteiger partial charge in [-0.2, -0.15) is 0 Å². The average Bonchev–Trinajstić information content (AvgIpc) is 2.51. The van der Waals surface area contributed by atoms with Crippen LogP contribution in [0.15, 0.2) is 18.2 Å². The molecule has 0 spiro atoms. The minimum Gasteiger partial charge on any atom is -0.508 e. The Morgan fingerprint density at radius 1 is 1.35 bits per heavy atom. The van der Waals surface area contributed by atoms with E-state index in [0.29, 0.717) is 12.6 Å². The smallest absolute Gasteiger partial charge is 0.180 e. The van der Waals surface area contributed by atoms with Crippen molar-refractivity contribution in [3.05, 3.63) is 23.8 Å². The maximum atomic E-state index is 12.3. The van der Waals surface area contributed by atoms with Gasteiger partial charge in [0.05, 0.1) is 12.1 Å². The quantitative estimate of drug-likeness (QED) is 0.816. The summed E-state index contributed by atoms with van der Waals surface area (Å²) in [5.41, 5.74) is 0.271. The van der Waals surface area contributed by atoms with Crippen LogP contribution in [0.4, 0.5) is 0 Å². The van der Waals surface area contributed by atoms with Gasteiger partial charge >= 0.3 is 0 Å². The fraction of sp³-hybridized carbons (Fsp3) is 0.533. The van der Waals surface area contributed by atoms with Crippen LogP contribution >= 0.6 is 0 Å². The van der Waals surface area contributed by atoms with E-state index >= 15 is 0 Å². The molecule has 2 N–H and O–H groups in total. The maximum Gasteiger partial charge on any atom is 0.180 e. The molecule has 5 heteroatoms. The zero-order valence-electron chi connectivity index (χ0n) is 12.0. The molecule has 0 amide bonds. The van der Waals surface area contributed by atoms with Gasteiger partial charge in [-0.15, -0.1) is 0 Å². The summed E-state index contributed by atoms with van der Waals surface area (Å²) in [6.45, 7) is 5.28. The SMILES string of the molecule is CC1CN(C)CCCN1CC(=O)c1ccc(O)cc1O. The van der Waals surface area contributed by atoms with E-state index in [4.69, 9.17) is 0 Å². The van der Waals surface area contributed by atoms with E-state index in [0.717, 1.165) is 26.1 Å². The number of carbonyl (C=O) groups is 1. The Labute approximate surface area is 119 Å². The standard InChI is InChI=1S/C15H22N2O3/c1-11-9-16(2)6-3-7-17(11)10-15(20)13-5-4-12(18)8-14(13)19/h4-5,8,11,18-19H,3,6-7,9-10H2,1-2H3. The monoisotopic (exact) mass is 278 g/mol. The van der Waals surface area contributed by atoms with Gasteiger partial charge in [0.1, 0.15) is 11.5 Å². The summed E-state index contributed by atoms with van der Waals surface area (Å²) >= 11 is 0. The molecule has 1 saturated heterocycles. The lowest BCUT2D eigenvalue weighted by atomic mass is 10.1. The van der Waals surface area contributed by atoms with Crippen LogP contribution in [0, 0.1) is 0 Å². The number of hydrogen-bond acceptors (Lipinski definition) is 5. The van der Waals surface area contributed by atoms with Crippen LogP contribution in [0.1, 0.15) is 23.7 Å². The van der Waals surface area contributed by atoms with E-state index in [9.17, 15) is 15.0 Å². The maximum absolute atomic E-state index is 12.3. The molecule has 20 heavy (non-hydrogen) atoms. The highest BCUT2D eigenvalue weighted by atomic mass is 16.3. The van der Waals surface area contributed by atoms with Crippen molar-refractivity contribution in [3.8, 4) is 11.5 Å². The number of phenolic OH excluding ortho intramolecular Hbond substituents is 2.